The molecule has 0 fully saturated rings. The second kappa shape index (κ2) is 9.03. The molecule has 104 valence electrons. The molecule has 0 unspecified atom stereocenters. The third kappa shape index (κ3) is 5.48. The topological polar surface area (TPSA) is 58.2 Å². The van der Waals surface area contributed by atoms with Crippen LogP contribution < -0.4 is 10.6 Å². The Kier molecular flexibility index (Phi) is 7.34. The van der Waals surface area contributed by atoms with Crippen LogP contribution in [0.4, 0.5) is 0 Å². The Hall–Kier alpha value is -2.00. The fraction of sp³-hybridized carbons (Fsp3) is 0.125. The molecule has 0 amide bonds. The summed E-state index contributed by atoms with van der Waals surface area (Å²) in [5, 5.41) is 6.12. The van der Waals surface area contributed by atoms with E-state index >= 15 is 0 Å². The van der Waals surface area contributed by atoms with Crippen molar-refractivity contribution in [3.8, 4) is 0 Å². The molecule has 0 radical (unpaired) electrons. The van der Waals surface area contributed by atoms with Crippen molar-refractivity contribution >= 4 is 11.6 Å². The Balaban J connectivity index is 0.00000220. The molecule has 4 nitrogen and oxygen atoms in total. The quantitative estimate of drug-likeness (QED) is 0.453. The first-order chi connectivity index (χ1) is 9.77. The van der Waals surface area contributed by atoms with Crippen molar-refractivity contribution in [1.82, 2.24) is 10.6 Å². The maximum atomic E-state index is 11.4. The maximum absolute atomic E-state index is 11.4. The van der Waals surface area contributed by atoms with Gasteiger partial charge in [-0.15, -0.1) is 0 Å². The number of carbonyl (C=O) groups excluding carboxylic acids is 2. The van der Waals surface area contributed by atoms with Crippen molar-refractivity contribution in [3.05, 3.63) is 72.2 Å². The molecular formula is C16H16N2O2Zn. The fourth-order valence-electron chi connectivity index (χ4n) is 1.71. The zero-order valence-corrected chi connectivity index (χ0v) is 14.7. The van der Waals surface area contributed by atoms with Crippen molar-refractivity contribution in [2.24, 2.45) is 0 Å². The summed E-state index contributed by atoms with van der Waals surface area (Å²) in [5.41, 5.74) is 1.28. The van der Waals surface area contributed by atoms with E-state index in [0.29, 0.717) is 24.2 Å². The van der Waals surface area contributed by atoms with Gasteiger partial charge in [-0.1, -0.05) is 24.3 Å². The Labute approximate surface area is 136 Å². The zero-order valence-electron chi connectivity index (χ0n) is 11.7. The first-order valence-corrected chi connectivity index (χ1v) is 6.42. The molecule has 2 aliphatic rings. The minimum atomic E-state index is -0.000182. The van der Waals surface area contributed by atoms with E-state index in [2.05, 4.69) is 10.6 Å². The molecular weight excluding hydrogens is 318 g/mol. The van der Waals surface area contributed by atoms with Gasteiger partial charge in [0.2, 0.25) is 0 Å². The summed E-state index contributed by atoms with van der Waals surface area (Å²) in [4.78, 5) is 22.9. The number of allylic oxidation sites excluding steroid dienone is 10. The Morgan fingerprint density at radius 1 is 0.714 bits per heavy atom. The number of carbonyl (C=O) groups is 2. The summed E-state index contributed by atoms with van der Waals surface area (Å²) < 4.78 is 0. The average Bonchev–Trinajstić information content (AvgIpc) is 2.46. The smallest absolute Gasteiger partial charge is 0.187 e. The van der Waals surface area contributed by atoms with Crippen LogP contribution >= 0.6 is 0 Å². The van der Waals surface area contributed by atoms with Gasteiger partial charge in [0.15, 0.2) is 11.6 Å². The summed E-state index contributed by atoms with van der Waals surface area (Å²) in [5.74, 6) is -0.000363. The Morgan fingerprint density at radius 2 is 1.10 bits per heavy atom. The standard InChI is InChI=1S/C16H16N2O2.Zn/c19-15-7-3-1-5-13(15)11-17-9-10-18-12-14-6-2-4-8-16(14)20;/h1-8,11-12,17-18H,9-10H2;/b13-11-,14-12-;. The van der Waals surface area contributed by atoms with Gasteiger partial charge in [0.05, 0.1) is 0 Å². The number of hydrogen-bond acceptors (Lipinski definition) is 4. The summed E-state index contributed by atoms with van der Waals surface area (Å²) >= 11 is 0. The van der Waals surface area contributed by atoms with E-state index in [0.717, 1.165) is 0 Å². The molecule has 2 aliphatic carbocycles. The third-order valence-electron chi connectivity index (χ3n) is 2.77. The van der Waals surface area contributed by atoms with Crippen molar-refractivity contribution < 1.29 is 29.1 Å². The van der Waals surface area contributed by atoms with E-state index in [1.165, 1.54) is 12.2 Å². The van der Waals surface area contributed by atoms with Gasteiger partial charge in [-0.2, -0.15) is 0 Å². The van der Waals surface area contributed by atoms with E-state index in [-0.39, 0.29) is 31.0 Å². The van der Waals surface area contributed by atoms with Crippen LogP contribution in [0, 0.1) is 0 Å². The summed E-state index contributed by atoms with van der Waals surface area (Å²) in [6, 6.07) is 0. The molecule has 0 aromatic rings. The van der Waals surface area contributed by atoms with Crippen molar-refractivity contribution in [1.29, 1.82) is 0 Å². The Bertz CT molecular complexity index is 529. The molecule has 0 spiro atoms. The predicted octanol–water partition coefficient (Wildman–Crippen LogP) is 1.32. The molecule has 0 heterocycles. The minimum absolute atomic E-state index is 0. The molecule has 2 N–H and O–H groups in total. The van der Waals surface area contributed by atoms with E-state index < -0.39 is 0 Å². The van der Waals surface area contributed by atoms with Gasteiger partial charge in [0.25, 0.3) is 0 Å². The maximum Gasteiger partial charge on any atom is 0.187 e. The molecule has 0 aliphatic heterocycles. The van der Waals surface area contributed by atoms with Crippen LogP contribution in [0.25, 0.3) is 0 Å². The summed E-state index contributed by atoms with van der Waals surface area (Å²) in [6.07, 6.45) is 17.1. The molecule has 0 aromatic carbocycles. The molecule has 5 heteroatoms. The molecule has 0 bridgehead atoms. The van der Waals surface area contributed by atoms with Crippen molar-refractivity contribution in [2.75, 3.05) is 13.1 Å². The van der Waals surface area contributed by atoms with Crippen LogP contribution in [0.15, 0.2) is 72.2 Å². The second-order valence-electron chi connectivity index (χ2n) is 4.27. The molecule has 0 aromatic heterocycles. The van der Waals surface area contributed by atoms with E-state index in [4.69, 9.17) is 0 Å². The van der Waals surface area contributed by atoms with Crippen molar-refractivity contribution in [2.45, 2.75) is 0 Å². The van der Waals surface area contributed by atoms with Gasteiger partial charge < -0.3 is 10.6 Å². The van der Waals surface area contributed by atoms with Crippen LogP contribution in [0.5, 0.6) is 0 Å². The van der Waals surface area contributed by atoms with Crippen LogP contribution in [0.3, 0.4) is 0 Å². The summed E-state index contributed by atoms with van der Waals surface area (Å²) in [7, 11) is 0. The Morgan fingerprint density at radius 3 is 1.48 bits per heavy atom. The van der Waals surface area contributed by atoms with Gasteiger partial charge in [0.1, 0.15) is 0 Å². The molecule has 0 saturated carbocycles. The first kappa shape index (κ1) is 17.1. The zero-order chi connectivity index (χ0) is 14.2. The number of hydrogen-bond donors (Lipinski definition) is 2. The molecule has 21 heavy (non-hydrogen) atoms. The van der Waals surface area contributed by atoms with Gasteiger partial charge in [-0.3, -0.25) is 9.59 Å². The van der Waals surface area contributed by atoms with E-state index in [1.54, 1.807) is 36.7 Å². The molecule has 0 saturated heterocycles. The molecule has 0 atom stereocenters. The monoisotopic (exact) mass is 332 g/mol. The van der Waals surface area contributed by atoms with Gasteiger partial charge in [-0.25, -0.2) is 0 Å². The van der Waals surface area contributed by atoms with Crippen LogP contribution in [-0.2, 0) is 29.1 Å². The van der Waals surface area contributed by atoms with Gasteiger partial charge >= 0.3 is 0 Å². The van der Waals surface area contributed by atoms with Crippen molar-refractivity contribution in [3.63, 3.8) is 0 Å². The number of rotatable bonds is 5. The largest absolute Gasteiger partial charge is 0.389 e. The van der Waals surface area contributed by atoms with E-state index in [9.17, 15) is 9.59 Å². The summed E-state index contributed by atoms with van der Waals surface area (Å²) in [6.45, 7) is 1.32. The third-order valence-corrected chi connectivity index (χ3v) is 2.77. The number of nitrogens with one attached hydrogen (secondary N) is 2. The second-order valence-corrected chi connectivity index (χ2v) is 4.27. The van der Waals surface area contributed by atoms with E-state index in [1.807, 2.05) is 12.2 Å². The van der Waals surface area contributed by atoms with Crippen LogP contribution in [-0.4, -0.2) is 24.7 Å². The van der Waals surface area contributed by atoms with Crippen LogP contribution in [0.2, 0.25) is 0 Å². The SMILES string of the molecule is O=C1C=CC=C/C1=C/NCCN/C=C1/C=CC=CC1=O.[Zn]. The normalized spacial score (nSPS) is 20.0. The van der Waals surface area contributed by atoms with Gasteiger partial charge in [0, 0.05) is 56.1 Å². The number of ketones is 2. The van der Waals surface area contributed by atoms with Gasteiger partial charge in [-0.05, 0) is 24.3 Å². The average molecular weight is 334 g/mol. The molecule has 2 rings (SSSR count). The predicted molar refractivity (Wildman–Crippen MR) is 78.7 cm³/mol. The van der Waals surface area contributed by atoms with Crippen LogP contribution in [0.1, 0.15) is 0 Å². The first-order valence-electron chi connectivity index (χ1n) is 6.42. The fourth-order valence-corrected chi connectivity index (χ4v) is 1.71. The minimum Gasteiger partial charge on any atom is -0.389 e.